The summed E-state index contributed by atoms with van der Waals surface area (Å²) in [6, 6.07) is 6.73. The van der Waals surface area contributed by atoms with E-state index in [1.54, 1.807) is 31.2 Å². The van der Waals surface area contributed by atoms with Gasteiger partial charge in [0.05, 0.1) is 11.0 Å². The Hall–Kier alpha value is -0.910. The van der Waals surface area contributed by atoms with Crippen LogP contribution in [0.5, 0.6) is 0 Å². The third-order valence-corrected chi connectivity index (χ3v) is 4.14. The first-order chi connectivity index (χ1) is 8.31. The van der Waals surface area contributed by atoms with Crippen LogP contribution in [0.15, 0.2) is 29.2 Å². The zero-order valence-electron chi connectivity index (χ0n) is 11.1. The first-order valence-corrected chi connectivity index (χ1v) is 7.54. The maximum absolute atomic E-state index is 12.0. The minimum Gasteiger partial charge on any atom is -0.393 e. The van der Waals surface area contributed by atoms with Gasteiger partial charge in [0.2, 0.25) is 10.0 Å². The number of nitrogens with one attached hydrogen (secondary N) is 1. The number of aryl methyl sites for hydroxylation is 1. The summed E-state index contributed by atoms with van der Waals surface area (Å²) in [5.41, 5.74) is 1.02. The van der Waals surface area contributed by atoms with E-state index < -0.39 is 16.1 Å². The summed E-state index contributed by atoms with van der Waals surface area (Å²) in [6.45, 7) is 5.85. The number of aliphatic hydroxyl groups excluding tert-OH is 1. The van der Waals surface area contributed by atoms with E-state index in [4.69, 9.17) is 0 Å². The number of sulfonamides is 1. The fourth-order valence-corrected chi connectivity index (χ4v) is 2.88. The van der Waals surface area contributed by atoms with Gasteiger partial charge >= 0.3 is 0 Å². The van der Waals surface area contributed by atoms with Crippen molar-refractivity contribution in [3.05, 3.63) is 29.8 Å². The molecule has 1 rings (SSSR count). The maximum Gasteiger partial charge on any atom is 0.240 e. The van der Waals surface area contributed by atoms with Gasteiger partial charge in [-0.25, -0.2) is 13.1 Å². The zero-order chi connectivity index (χ0) is 13.8. The van der Waals surface area contributed by atoms with Crippen LogP contribution in [0.3, 0.4) is 0 Å². The fourth-order valence-electron chi connectivity index (χ4n) is 1.72. The summed E-state index contributed by atoms with van der Waals surface area (Å²) in [6.07, 6.45) is 0.167. The van der Waals surface area contributed by atoms with E-state index in [2.05, 4.69) is 4.72 Å². The van der Waals surface area contributed by atoms with Gasteiger partial charge < -0.3 is 5.11 Å². The molecule has 0 amide bonds. The second-order valence-corrected chi connectivity index (χ2v) is 6.62. The summed E-state index contributed by atoms with van der Waals surface area (Å²) in [5, 5.41) is 9.22. The van der Waals surface area contributed by atoms with Crippen molar-refractivity contribution in [1.29, 1.82) is 0 Å². The van der Waals surface area contributed by atoms with Crippen molar-refractivity contribution in [2.24, 2.45) is 5.92 Å². The third-order valence-electron chi connectivity index (χ3n) is 2.70. The Labute approximate surface area is 109 Å². The van der Waals surface area contributed by atoms with Gasteiger partial charge in [-0.2, -0.15) is 0 Å². The minimum absolute atomic E-state index is 0.102. The number of rotatable bonds is 6. The van der Waals surface area contributed by atoms with E-state index in [0.717, 1.165) is 5.56 Å². The molecule has 0 heterocycles. The molecule has 5 heteroatoms. The van der Waals surface area contributed by atoms with Gasteiger partial charge in [-0.3, -0.25) is 0 Å². The molecule has 0 aliphatic rings. The second-order valence-electron chi connectivity index (χ2n) is 4.85. The smallest absolute Gasteiger partial charge is 0.240 e. The van der Waals surface area contributed by atoms with Crippen molar-refractivity contribution in [3.63, 3.8) is 0 Å². The maximum atomic E-state index is 12.0. The molecule has 0 saturated heterocycles. The molecule has 0 saturated carbocycles. The van der Waals surface area contributed by atoms with E-state index in [0.29, 0.717) is 13.0 Å². The van der Waals surface area contributed by atoms with Gasteiger partial charge in [-0.15, -0.1) is 0 Å². The first kappa shape index (κ1) is 15.1. The molecule has 2 N–H and O–H groups in total. The highest BCUT2D eigenvalue weighted by molar-refractivity contribution is 7.89. The van der Waals surface area contributed by atoms with Crippen LogP contribution in [-0.2, 0) is 10.0 Å². The number of hydrogen-bond donors (Lipinski definition) is 2. The molecule has 2 unspecified atom stereocenters. The van der Waals surface area contributed by atoms with Gasteiger partial charge in [-0.1, -0.05) is 24.6 Å². The van der Waals surface area contributed by atoms with Gasteiger partial charge in [0.1, 0.15) is 0 Å². The Kier molecular flexibility index (Phi) is 5.31. The van der Waals surface area contributed by atoms with Crippen molar-refractivity contribution >= 4 is 10.0 Å². The molecule has 0 radical (unpaired) electrons. The highest BCUT2D eigenvalue weighted by Crippen LogP contribution is 2.11. The number of aliphatic hydroxyl groups is 1. The zero-order valence-corrected chi connectivity index (χ0v) is 11.9. The Bertz CT molecular complexity index is 466. The number of hydrogen-bond acceptors (Lipinski definition) is 3. The van der Waals surface area contributed by atoms with Crippen LogP contribution in [0.2, 0.25) is 0 Å². The summed E-state index contributed by atoms with van der Waals surface area (Å²) in [4.78, 5) is 0.275. The molecule has 0 aliphatic carbocycles. The van der Waals surface area contributed by atoms with E-state index >= 15 is 0 Å². The average molecular weight is 271 g/mol. The molecule has 102 valence electrons. The largest absolute Gasteiger partial charge is 0.393 e. The van der Waals surface area contributed by atoms with E-state index in [-0.39, 0.29) is 10.8 Å². The predicted molar refractivity (Wildman–Crippen MR) is 71.8 cm³/mol. The van der Waals surface area contributed by atoms with Crippen molar-refractivity contribution in [2.45, 2.75) is 38.2 Å². The second kappa shape index (κ2) is 6.31. The third kappa shape index (κ3) is 4.76. The lowest BCUT2D eigenvalue weighted by atomic mass is 10.1. The van der Waals surface area contributed by atoms with Crippen molar-refractivity contribution in [3.8, 4) is 0 Å². The Balaban J connectivity index is 2.63. The SMILES string of the molecule is Cc1ccc(S(=O)(=O)NCC(C)CC(C)O)cc1. The van der Waals surface area contributed by atoms with E-state index in [1.807, 2.05) is 13.8 Å². The lowest BCUT2D eigenvalue weighted by Gasteiger charge is -2.14. The molecule has 2 atom stereocenters. The highest BCUT2D eigenvalue weighted by Gasteiger charge is 2.15. The molecule has 1 aromatic rings. The van der Waals surface area contributed by atoms with Crippen LogP contribution >= 0.6 is 0 Å². The van der Waals surface area contributed by atoms with Gasteiger partial charge in [0.25, 0.3) is 0 Å². The normalized spacial score (nSPS) is 15.3. The molecular formula is C13H21NO3S. The van der Waals surface area contributed by atoms with Gasteiger partial charge in [0, 0.05) is 6.54 Å². The standard InChI is InChI=1S/C13H21NO3S/c1-10-4-6-13(7-5-10)18(16,17)14-9-11(2)8-12(3)15/h4-7,11-12,14-15H,8-9H2,1-3H3. The Morgan fingerprint density at radius 3 is 2.28 bits per heavy atom. The summed E-state index contributed by atoms with van der Waals surface area (Å²) in [5.74, 6) is 0.102. The highest BCUT2D eigenvalue weighted by atomic mass is 32.2. The molecule has 0 bridgehead atoms. The monoisotopic (exact) mass is 271 g/mol. The summed E-state index contributed by atoms with van der Waals surface area (Å²) < 4.78 is 26.5. The molecule has 0 aliphatic heterocycles. The van der Waals surface area contributed by atoms with Crippen LogP contribution in [0.1, 0.15) is 25.8 Å². The van der Waals surface area contributed by atoms with E-state index in [9.17, 15) is 13.5 Å². The molecule has 0 fully saturated rings. The fraction of sp³-hybridized carbons (Fsp3) is 0.538. The molecule has 4 nitrogen and oxygen atoms in total. The van der Waals surface area contributed by atoms with Crippen LogP contribution < -0.4 is 4.72 Å². The van der Waals surface area contributed by atoms with E-state index in [1.165, 1.54) is 0 Å². The van der Waals surface area contributed by atoms with Crippen LogP contribution in [0.4, 0.5) is 0 Å². The molecule has 0 spiro atoms. The van der Waals surface area contributed by atoms with Crippen molar-refractivity contribution < 1.29 is 13.5 Å². The van der Waals surface area contributed by atoms with Crippen LogP contribution in [0.25, 0.3) is 0 Å². The topological polar surface area (TPSA) is 66.4 Å². The first-order valence-electron chi connectivity index (χ1n) is 6.05. The Morgan fingerprint density at radius 2 is 1.78 bits per heavy atom. The summed E-state index contributed by atoms with van der Waals surface area (Å²) >= 11 is 0. The molecule has 0 aromatic heterocycles. The van der Waals surface area contributed by atoms with Gasteiger partial charge in [0.15, 0.2) is 0 Å². The molecular weight excluding hydrogens is 250 g/mol. The molecule has 18 heavy (non-hydrogen) atoms. The predicted octanol–water partition coefficient (Wildman–Crippen LogP) is 1.68. The lowest BCUT2D eigenvalue weighted by Crippen LogP contribution is -2.29. The lowest BCUT2D eigenvalue weighted by molar-refractivity contribution is 0.165. The van der Waals surface area contributed by atoms with Crippen LogP contribution in [0, 0.1) is 12.8 Å². The minimum atomic E-state index is -3.44. The summed E-state index contributed by atoms with van der Waals surface area (Å²) in [7, 11) is -3.44. The van der Waals surface area contributed by atoms with Crippen molar-refractivity contribution in [2.75, 3.05) is 6.54 Å². The van der Waals surface area contributed by atoms with Gasteiger partial charge in [-0.05, 0) is 38.3 Å². The average Bonchev–Trinajstić information content (AvgIpc) is 2.26. The Morgan fingerprint density at radius 1 is 1.22 bits per heavy atom. The quantitative estimate of drug-likeness (QED) is 0.827. The molecule has 1 aromatic carbocycles. The van der Waals surface area contributed by atoms with Crippen LogP contribution in [-0.4, -0.2) is 26.2 Å². The van der Waals surface area contributed by atoms with Crippen molar-refractivity contribution in [1.82, 2.24) is 4.72 Å². The number of benzene rings is 1.